The van der Waals surface area contributed by atoms with Crippen LogP contribution >= 0.6 is 27.5 Å². The van der Waals surface area contributed by atoms with Crippen LogP contribution in [0.2, 0.25) is 0 Å². The third kappa shape index (κ3) is 2.64. The average molecular weight is 286 g/mol. The summed E-state index contributed by atoms with van der Waals surface area (Å²) in [5, 5.41) is -0.0551. The number of halogens is 2. The fraction of sp³-hybridized carbons (Fsp3) is 0.167. The molecule has 0 bridgehead atoms. The monoisotopic (exact) mass is 284 g/mol. The van der Waals surface area contributed by atoms with E-state index >= 15 is 0 Å². The van der Waals surface area contributed by atoms with E-state index in [1.165, 1.54) is 5.56 Å². The van der Waals surface area contributed by atoms with Crippen LogP contribution in [0.4, 0.5) is 0 Å². The fourth-order valence-electron chi connectivity index (χ4n) is 1.46. The molecule has 1 aromatic heterocycles. The first-order valence-corrected chi connectivity index (χ1v) is 5.91. The van der Waals surface area contributed by atoms with Crippen molar-refractivity contribution in [3.63, 3.8) is 0 Å². The van der Waals surface area contributed by atoms with Gasteiger partial charge in [-0.25, -0.2) is 0 Å². The summed E-state index contributed by atoms with van der Waals surface area (Å²) in [6, 6.07) is 12.1. The van der Waals surface area contributed by atoms with Crippen molar-refractivity contribution in [3.8, 4) is 0 Å². The molecule has 3 heteroatoms. The van der Waals surface area contributed by atoms with Crippen LogP contribution in [0, 0.1) is 0 Å². The summed E-state index contributed by atoms with van der Waals surface area (Å²) in [7, 11) is 0. The highest BCUT2D eigenvalue weighted by Crippen LogP contribution is 2.31. The lowest BCUT2D eigenvalue weighted by molar-refractivity contribution is 0.536. The predicted octanol–water partition coefficient (Wildman–Crippen LogP) is 4.56. The van der Waals surface area contributed by atoms with Gasteiger partial charge in [-0.3, -0.25) is 0 Å². The molecule has 2 aromatic rings. The third-order valence-corrected chi connectivity index (χ3v) is 3.28. The fourth-order valence-corrected chi connectivity index (χ4v) is 2.46. The van der Waals surface area contributed by atoms with Crippen molar-refractivity contribution in [1.29, 1.82) is 0 Å². The Bertz CT molecular complexity index is 424. The van der Waals surface area contributed by atoms with Gasteiger partial charge in [-0.2, -0.15) is 0 Å². The van der Waals surface area contributed by atoms with E-state index in [0.29, 0.717) is 0 Å². The van der Waals surface area contributed by atoms with Crippen LogP contribution in [0.15, 0.2) is 51.7 Å². The minimum Gasteiger partial charge on any atom is -0.457 e. The van der Waals surface area contributed by atoms with Crippen LogP contribution in [0.5, 0.6) is 0 Å². The lowest BCUT2D eigenvalue weighted by Crippen LogP contribution is -1.94. The number of alkyl halides is 1. The van der Waals surface area contributed by atoms with E-state index in [1.54, 1.807) is 6.26 Å². The van der Waals surface area contributed by atoms with Crippen molar-refractivity contribution >= 4 is 27.5 Å². The normalized spacial score (nSPS) is 12.7. The summed E-state index contributed by atoms with van der Waals surface area (Å²) in [6.45, 7) is 0. The lowest BCUT2D eigenvalue weighted by atomic mass is 10.1. The number of hydrogen-bond donors (Lipinski definition) is 0. The molecule has 0 saturated carbocycles. The van der Waals surface area contributed by atoms with Gasteiger partial charge in [0.2, 0.25) is 0 Å². The molecule has 0 radical (unpaired) electrons. The number of benzene rings is 1. The topological polar surface area (TPSA) is 13.1 Å². The van der Waals surface area contributed by atoms with Crippen molar-refractivity contribution in [2.24, 2.45) is 0 Å². The van der Waals surface area contributed by atoms with Crippen molar-refractivity contribution in [3.05, 3.63) is 58.5 Å². The van der Waals surface area contributed by atoms with Gasteiger partial charge in [-0.05, 0) is 34.0 Å². The second kappa shape index (κ2) is 4.86. The van der Waals surface area contributed by atoms with E-state index in [4.69, 9.17) is 16.0 Å². The molecule has 0 fully saturated rings. The van der Waals surface area contributed by atoms with Gasteiger partial charge in [0, 0.05) is 5.56 Å². The molecule has 0 aliphatic carbocycles. The number of rotatable bonds is 3. The van der Waals surface area contributed by atoms with Gasteiger partial charge in [0.1, 0.15) is 0 Å². The van der Waals surface area contributed by atoms with Gasteiger partial charge in [0.05, 0.1) is 11.6 Å². The van der Waals surface area contributed by atoms with Crippen LogP contribution in [0.1, 0.15) is 16.5 Å². The maximum absolute atomic E-state index is 6.30. The van der Waals surface area contributed by atoms with Crippen LogP contribution < -0.4 is 0 Å². The Morgan fingerprint density at radius 1 is 1.20 bits per heavy atom. The zero-order valence-electron chi connectivity index (χ0n) is 7.99. The van der Waals surface area contributed by atoms with Gasteiger partial charge in [0.15, 0.2) is 4.67 Å². The van der Waals surface area contributed by atoms with E-state index < -0.39 is 0 Å². The van der Waals surface area contributed by atoms with E-state index in [0.717, 1.165) is 16.7 Å². The molecule has 0 aliphatic rings. The summed E-state index contributed by atoms with van der Waals surface area (Å²) in [6.07, 6.45) is 2.44. The molecule has 0 saturated heterocycles. The lowest BCUT2D eigenvalue weighted by Gasteiger charge is -2.07. The second-order valence-electron chi connectivity index (χ2n) is 3.31. The Hall–Kier alpha value is -0.730. The Balaban J connectivity index is 2.11. The molecule has 0 aliphatic heterocycles. The van der Waals surface area contributed by atoms with Crippen molar-refractivity contribution in [2.75, 3.05) is 0 Å². The highest BCUT2D eigenvalue weighted by atomic mass is 79.9. The first-order chi connectivity index (χ1) is 7.27. The second-order valence-corrected chi connectivity index (χ2v) is 4.55. The van der Waals surface area contributed by atoms with Gasteiger partial charge in [-0.15, -0.1) is 11.6 Å². The van der Waals surface area contributed by atoms with Crippen LogP contribution in [0.3, 0.4) is 0 Å². The smallest absolute Gasteiger partial charge is 0.173 e. The first-order valence-electron chi connectivity index (χ1n) is 4.68. The van der Waals surface area contributed by atoms with Crippen molar-refractivity contribution < 1.29 is 4.42 Å². The predicted molar refractivity (Wildman–Crippen MR) is 65.1 cm³/mol. The molecule has 15 heavy (non-hydrogen) atoms. The molecule has 1 atom stereocenters. The maximum Gasteiger partial charge on any atom is 0.173 e. The highest BCUT2D eigenvalue weighted by molar-refractivity contribution is 9.10. The minimum atomic E-state index is -0.0551. The zero-order chi connectivity index (χ0) is 10.7. The molecule has 1 nitrogen and oxygen atoms in total. The highest BCUT2D eigenvalue weighted by Gasteiger charge is 2.14. The van der Waals surface area contributed by atoms with Crippen LogP contribution in [0.25, 0.3) is 0 Å². The molecule has 78 valence electrons. The van der Waals surface area contributed by atoms with Crippen LogP contribution in [-0.4, -0.2) is 0 Å². The first kappa shape index (κ1) is 10.8. The summed E-state index contributed by atoms with van der Waals surface area (Å²) < 4.78 is 5.88. The van der Waals surface area contributed by atoms with Gasteiger partial charge in [-0.1, -0.05) is 30.3 Å². The van der Waals surface area contributed by atoms with E-state index in [2.05, 4.69) is 28.1 Å². The Labute approximate surface area is 102 Å². The molecule has 0 amide bonds. The van der Waals surface area contributed by atoms with E-state index in [9.17, 15) is 0 Å². The molecule has 1 aromatic carbocycles. The quantitative estimate of drug-likeness (QED) is 0.753. The summed E-state index contributed by atoms with van der Waals surface area (Å²) in [5.41, 5.74) is 2.23. The molecule has 1 heterocycles. The van der Waals surface area contributed by atoms with Gasteiger partial charge in [0.25, 0.3) is 0 Å². The van der Waals surface area contributed by atoms with Gasteiger partial charge < -0.3 is 4.42 Å². The SMILES string of the molecule is ClC(Cc1ccccc1)c1ccoc1Br. The third-order valence-electron chi connectivity index (χ3n) is 2.24. The maximum atomic E-state index is 6.30. The number of hydrogen-bond acceptors (Lipinski definition) is 1. The van der Waals surface area contributed by atoms with Gasteiger partial charge >= 0.3 is 0 Å². The Morgan fingerprint density at radius 2 is 1.93 bits per heavy atom. The van der Waals surface area contributed by atoms with E-state index in [1.807, 2.05) is 24.3 Å². The standard InChI is InChI=1S/C12H10BrClO/c13-12-10(6-7-15-12)11(14)8-9-4-2-1-3-5-9/h1-7,11H,8H2. The Morgan fingerprint density at radius 3 is 2.53 bits per heavy atom. The minimum absolute atomic E-state index is 0.0551. The molecular formula is C12H10BrClO. The van der Waals surface area contributed by atoms with E-state index in [-0.39, 0.29) is 5.38 Å². The summed E-state index contributed by atoms with van der Waals surface area (Å²) in [5.74, 6) is 0. The summed E-state index contributed by atoms with van der Waals surface area (Å²) >= 11 is 9.63. The van der Waals surface area contributed by atoms with Crippen molar-refractivity contribution in [1.82, 2.24) is 0 Å². The molecular weight excluding hydrogens is 275 g/mol. The Kier molecular flexibility index (Phi) is 3.49. The van der Waals surface area contributed by atoms with Crippen LogP contribution in [-0.2, 0) is 6.42 Å². The zero-order valence-corrected chi connectivity index (χ0v) is 10.3. The molecule has 0 N–H and O–H groups in total. The molecule has 2 rings (SSSR count). The van der Waals surface area contributed by atoms with Crippen molar-refractivity contribution in [2.45, 2.75) is 11.8 Å². The largest absolute Gasteiger partial charge is 0.457 e. The summed E-state index contributed by atoms with van der Waals surface area (Å²) in [4.78, 5) is 0. The average Bonchev–Trinajstić information content (AvgIpc) is 2.66. The molecule has 1 unspecified atom stereocenters. The molecule has 0 spiro atoms. The number of furan rings is 1.